The molecule has 0 bridgehead atoms. The Morgan fingerprint density at radius 3 is 2.79 bits per heavy atom. The molecule has 0 spiro atoms. The van der Waals surface area contributed by atoms with E-state index in [1.54, 1.807) is 0 Å². The van der Waals surface area contributed by atoms with Crippen LogP contribution in [0.4, 0.5) is 0 Å². The van der Waals surface area contributed by atoms with Gasteiger partial charge in [-0.1, -0.05) is 11.8 Å². The molecule has 0 amide bonds. The summed E-state index contributed by atoms with van der Waals surface area (Å²) in [7, 11) is 0. The van der Waals surface area contributed by atoms with Gasteiger partial charge in [0.1, 0.15) is 0 Å². The summed E-state index contributed by atoms with van der Waals surface area (Å²) in [5.74, 6) is -0.214. The van der Waals surface area contributed by atoms with Crippen LogP contribution < -0.4 is 0 Å². The standard InChI is InChI=1S/C14H16N2O2S/c17-13(18)5-6-19-14-15-11-7-9-3-1-2-4-10(9)8-12(11)16-14/h7-8H,1-6H2,(H,15,16)(H,17,18). The van der Waals surface area contributed by atoms with Crippen LogP contribution >= 0.6 is 11.8 Å². The monoisotopic (exact) mass is 276 g/mol. The third-order valence-electron chi connectivity index (χ3n) is 3.48. The Morgan fingerprint density at radius 2 is 2.05 bits per heavy atom. The molecule has 19 heavy (non-hydrogen) atoms. The van der Waals surface area contributed by atoms with E-state index in [1.165, 1.54) is 35.7 Å². The summed E-state index contributed by atoms with van der Waals surface area (Å²) in [6.07, 6.45) is 5.01. The summed E-state index contributed by atoms with van der Waals surface area (Å²) in [6.45, 7) is 0. The van der Waals surface area contributed by atoms with Crippen LogP contribution in [0.2, 0.25) is 0 Å². The molecule has 0 saturated carbocycles. The normalized spacial score (nSPS) is 14.5. The van der Waals surface area contributed by atoms with E-state index in [4.69, 9.17) is 5.11 Å². The molecule has 1 aliphatic rings. The molecule has 2 N–H and O–H groups in total. The summed E-state index contributed by atoms with van der Waals surface area (Å²) >= 11 is 1.47. The highest BCUT2D eigenvalue weighted by atomic mass is 32.2. The number of benzene rings is 1. The van der Waals surface area contributed by atoms with Crippen LogP contribution in [0.5, 0.6) is 0 Å². The van der Waals surface area contributed by atoms with Gasteiger partial charge in [-0.15, -0.1) is 0 Å². The predicted molar refractivity (Wildman–Crippen MR) is 75.7 cm³/mol. The van der Waals surface area contributed by atoms with Gasteiger partial charge >= 0.3 is 5.97 Å². The Kier molecular flexibility index (Phi) is 3.46. The minimum absolute atomic E-state index is 0.165. The van der Waals surface area contributed by atoms with E-state index < -0.39 is 5.97 Å². The number of aromatic amines is 1. The highest BCUT2D eigenvalue weighted by molar-refractivity contribution is 7.99. The number of rotatable bonds is 4. The van der Waals surface area contributed by atoms with E-state index >= 15 is 0 Å². The topological polar surface area (TPSA) is 66.0 Å². The Bertz CT molecular complexity index is 578. The number of aryl methyl sites for hydroxylation is 2. The first-order valence-electron chi connectivity index (χ1n) is 6.58. The van der Waals surface area contributed by atoms with Gasteiger partial charge in [-0.3, -0.25) is 4.79 Å². The SMILES string of the molecule is O=C(O)CCSc1nc2cc3c(cc2[nH]1)CCCC3. The maximum atomic E-state index is 10.5. The van der Waals surface area contributed by atoms with Gasteiger partial charge in [0, 0.05) is 5.75 Å². The number of carbonyl (C=O) groups is 1. The molecule has 0 radical (unpaired) electrons. The number of thioether (sulfide) groups is 1. The number of aromatic nitrogens is 2. The second-order valence-electron chi connectivity index (χ2n) is 4.88. The molecule has 0 saturated heterocycles. The van der Waals surface area contributed by atoms with Crippen molar-refractivity contribution in [2.45, 2.75) is 37.3 Å². The molecule has 0 unspecified atom stereocenters. The third-order valence-corrected chi connectivity index (χ3v) is 4.35. The van der Waals surface area contributed by atoms with Gasteiger partial charge in [0.25, 0.3) is 0 Å². The van der Waals surface area contributed by atoms with Gasteiger partial charge in [0.05, 0.1) is 17.5 Å². The van der Waals surface area contributed by atoms with Gasteiger partial charge < -0.3 is 10.1 Å². The zero-order valence-electron chi connectivity index (χ0n) is 10.6. The van der Waals surface area contributed by atoms with E-state index in [2.05, 4.69) is 22.1 Å². The van der Waals surface area contributed by atoms with Crippen LogP contribution in [0.3, 0.4) is 0 Å². The number of nitrogens with zero attached hydrogens (tertiary/aromatic N) is 1. The van der Waals surface area contributed by atoms with Crippen molar-refractivity contribution >= 4 is 28.8 Å². The molecule has 0 atom stereocenters. The quantitative estimate of drug-likeness (QED) is 0.842. The fourth-order valence-corrected chi connectivity index (χ4v) is 3.34. The highest BCUT2D eigenvalue weighted by Crippen LogP contribution is 2.27. The average molecular weight is 276 g/mol. The number of carboxylic acid groups (broad SMARTS) is 1. The van der Waals surface area contributed by atoms with E-state index in [1.807, 2.05) is 0 Å². The van der Waals surface area contributed by atoms with Crippen molar-refractivity contribution in [3.8, 4) is 0 Å². The first-order valence-corrected chi connectivity index (χ1v) is 7.57. The second-order valence-corrected chi connectivity index (χ2v) is 5.96. The second kappa shape index (κ2) is 5.25. The largest absolute Gasteiger partial charge is 0.481 e. The molecule has 5 heteroatoms. The Hall–Kier alpha value is -1.49. The molecule has 1 heterocycles. The lowest BCUT2D eigenvalue weighted by Crippen LogP contribution is -2.01. The van der Waals surface area contributed by atoms with Crippen LogP contribution in [-0.2, 0) is 17.6 Å². The molecule has 1 aromatic heterocycles. The van der Waals surface area contributed by atoms with Gasteiger partial charge in [-0.25, -0.2) is 4.98 Å². The van der Waals surface area contributed by atoms with E-state index in [9.17, 15) is 4.79 Å². The summed E-state index contributed by atoms with van der Waals surface area (Å²) in [5.41, 5.74) is 4.92. The zero-order valence-corrected chi connectivity index (χ0v) is 11.4. The van der Waals surface area contributed by atoms with Crippen molar-refractivity contribution in [2.75, 3.05) is 5.75 Å². The first kappa shape index (κ1) is 12.5. The van der Waals surface area contributed by atoms with E-state index in [0.717, 1.165) is 29.0 Å². The van der Waals surface area contributed by atoms with Gasteiger partial charge in [0.15, 0.2) is 5.16 Å². The fourth-order valence-electron chi connectivity index (χ4n) is 2.52. The van der Waals surface area contributed by atoms with Crippen molar-refractivity contribution in [2.24, 2.45) is 0 Å². The lowest BCUT2D eigenvalue weighted by molar-refractivity contribution is -0.136. The van der Waals surface area contributed by atoms with Gasteiger partial charge in [0.2, 0.25) is 0 Å². The number of fused-ring (bicyclic) bond motifs is 2. The summed E-state index contributed by atoms with van der Waals surface area (Å²) in [5, 5.41) is 9.45. The van der Waals surface area contributed by atoms with Crippen molar-refractivity contribution in [1.82, 2.24) is 9.97 Å². The Balaban J connectivity index is 1.82. The van der Waals surface area contributed by atoms with Crippen LogP contribution in [-0.4, -0.2) is 26.8 Å². The van der Waals surface area contributed by atoms with Gasteiger partial charge in [-0.05, 0) is 48.9 Å². The molecule has 1 aromatic carbocycles. The summed E-state index contributed by atoms with van der Waals surface area (Å²) < 4.78 is 0. The minimum Gasteiger partial charge on any atom is -0.481 e. The average Bonchev–Trinajstić information content (AvgIpc) is 2.77. The number of hydrogen-bond acceptors (Lipinski definition) is 3. The zero-order chi connectivity index (χ0) is 13.2. The third kappa shape index (κ3) is 2.76. The maximum Gasteiger partial charge on any atom is 0.304 e. The Labute approximate surface area is 115 Å². The first-order chi connectivity index (χ1) is 9.22. The van der Waals surface area contributed by atoms with Crippen molar-refractivity contribution in [1.29, 1.82) is 0 Å². The number of aliphatic carboxylic acids is 1. The molecule has 4 nitrogen and oxygen atoms in total. The Morgan fingerprint density at radius 1 is 1.32 bits per heavy atom. The molecule has 100 valence electrons. The lowest BCUT2D eigenvalue weighted by atomic mass is 9.91. The number of H-pyrrole nitrogens is 1. The fraction of sp³-hybridized carbons (Fsp3) is 0.429. The van der Waals surface area contributed by atoms with Crippen molar-refractivity contribution < 1.29 is 9.90 Å². The number of nitrogens with one attached hydrogen (secondary N) is 1. The van der Waals surface area contributed by atoms with Crippen LogP contribution in [0, 0.1) is 0 Å². The van der Waals surface area contributed by atoms with Crippen molar-refractivity contribution in [3.63, 3.8) is 0 Å². The molecule has 0 fully saturated rings. The summed E-state index contributed by atoms with van der Waals surface area (Å²) in [4.78, 5) is 18.3. The predicted octanol–water partition coefficient (Wildman–Crippen LogP) is 3.01. The maximum absolute atomic E-state index is 10.5. The lowest BCUT2D eigenvalue weighted by Gasteiger charge is -2.14. The van der Waals surface area contributed by atoms with E-state index in [0.29, 0.717) is 5.75 Å². The van der Waals surface area contributed by atoms with Crippen LogP contribution in [0.25, 0.3) is 11.0 Å². The van der Waals surface area contributed by atoms with Crippen LogP contribution in [0.1, 0.15) is 30.4 Å². The molecule has 2 aromatic rings. The molecular formula is C14H16N2O2S. The number of carboxylic acids is 1. The summed E-state index contributed by atoms with van der Waals surface area (Å²) in [6, 6.07) is 4.39. The number of imidazole rings is 1. The van der Waals surface area contributed by atoms with Gasteiger partial charge in [-0.2, -0.15) is 0 Å². The molecular weight excluding hydrogens is 260 g/mol. The molecule has 3 rings (SSSR count). The number of hydrogen-bond donors (Lipinski definition) is 2. The van der Waals surface area contributed by atoms with Crippen LogP contribution in [0.15, 0.2) is 17.3 Å². The molecule has 0 aliphatic heterocycles. The smallest absolute Gasteiger partial charge is 0.304 e. The van der Waals surface area contributed by atoms with E-state index in [-0.39, 0.29) is 6.42 Å². The molecule has 1 aliphatic carbocycles. The minimum atomic E-state index is -0.765. The van der Waals surface area contributed by atoms with Crippen molar-refractivity contribution in [3.05, 3.63) is 23.3 Å². The highest BCUT2D eigenvalue weighted by Gasteiger charge is 2.12.